The van der Waals surface area contributed by atoms with Gasteiger partial charge in [0, 0.05) is 13.1 Å². The zero-order chi connectivity index (χ0) is 17.2. The monoisotopic (exact) mass is 331 g/mol. The molecule has 1 aliphatic rings. The molecule has 0 atom stereocenters. The predicted molar refractivity (Wildman–Crippen MR) is 93.8 cm³/mol. The zero-order valence-electron chi connectivity index (χ0n) is 13.9. The Morgan fingerprint density at radius 3 is 2.52 bits per heavy atom. The minimum Gasteiger partial charge on any atom is -0.497 e. The second-order valence-electron chi connectivity index (χ2n) is 5.91. The molecule has 0 amide bonds. The Balaban J connectivity index is 1.66. The number of nitriles is 1. The first-order valence-electron chi connectivity index (χ1n) is 8.12. The molecule has 0 bridgehead atoms. The van der Waals surface area contributed by atoms with Crippen LogP contribution >= 0.6 is 0 Å². The van der Waals surface area contributed by atoms with Crippen molar-refractivity contribution in [2.45, 2.75) is 13.0 Å². The second kappa shape index (κ2) is 6.29. The molecule has 1 aromatic heterocycles. The number of nitrogens with zero attached hydrogens (tertiary/aromatic N) is 5. The van der Waals surface area contributed by atoms with E-state index in [2.05, 4.69) is 39.4 Å². The summed E-state index contributed by atoms with van der Waals surface area (Å²) >= 11 is 0. The maximum atomic E-state index is 9.47. The molecule has 0 aliphatic carbocycles. The number of hydrogen-bond acceptors (Lipinski definition) is 5. The summed E-state index contributed by atoms with van der Waals surface area (Å²) in [5, 5.41) is 18.4. The number of hydrogen-bond donors (Lipinski definition) is 0. The fourth-order valence-electron chi connectivity index (χ4n) is 3.09. The smallest absolute Gasteiger partial charge is 0.207 e. The molecule has 3 aromatic rings. The molecular formula is C19H17N5O. The van der Waals surface area contributed by atoms with E-state index in [-0.39, 0.29) is 0 Å². The SMILES string of the molecule is COc1ccc(-n2nc(C#N)c(N3CCc4ccccc4C3)n2)cc1. The third-order valence-corrected chi connectivity index (χ3v) is 4.44. The van der Waals surface area contributed by atoms with Gasteiger partial charge in [-0.1, -0.05) is 24.3 Å². The van der Waals surface area contributed by atoms with Crippen LogP contribution in [-0.4, -0.2) is 28.6 Å². The molecule has 4 rings (SSSR count). The van der Waals surface area contributed by atoms with Crippen LogP contribution in [0.15, 0.2) is 48.5 Å². The third kappa shape index (κ3) is 2.81. The third-order valence-electron chi connectivity index (χ3n) is 4.44. The first-order valence-corrected chi connectivity index (χ1v) is 8.12. The molecule has 124 valence electrons. The molecule has 6 nitrogen and oxygen atoms in total. The number of fused-ring (bicyclic) bond motifs is 1. The molecule has 0 radical (unpaired) electrons. The van der Waals surface area contributed by atoms with Crippen molar-refractivity contribution in [3.8, 4) is 17.5 Å². The largest absolute Gasteiger partial charge is 0.497 e. The van der Waals surface area contributed by atoms with Gasteiger partial charge in [-0.2, -0.15) is 5.26 Å². The van der Waals surface area contributed by atoms with E-state index < -0.39 is 0 Å². The van der Waals surface area contributed by atoms with Gasteiger partial charge in [0.25, 0.3) is 0 Å². The maximum Gasteiger partial charge on any atom is 0.207 e. The summed E-state index contributed by atoms with van der Waals surface area (Å²) in [6.45, 7) is 1.57. The summed E-state index contributed by atoms with van der Waals surface area (Å²) in [6.07, 6.45) is 0.941. The Hall–Kier alpha value is -3.33. The van der Waals surface area contributed by atoms with Gasteiger partial charge in [0.2, 0.25) is 5.69 Å². The van der Waals surface area contributed by atoms with Gasteiger partial charge in [0.05, 0.1) is 12.8 Å². The highest BCUT2D eigenvalue weighted by Gasteiger charge is 2.23. The van der Waals surface area contributed by atoms with Crippen LogP contribution in [0.2, 0.25) is 0 Å². The Kier molecular flexibility index (Phi) is 3.82. The fraction of sp³-hybridized carbons (Fsp3) is 0.211. The van der Waals surface area contributed by atoms with Gasteiger partial charge in [-0.05, 0) is 41.8 Å². The molecule has 0 fully saturated rings. The minimum atomic E-state index is 0.343. The average Bonchev–Trinajstić information content (AvgIpc) is 3.12. The zero-order valence-corrected chi connectivity index (χ0v) is 13.9. The Labute approximate surface area is 145 Å². The van der Waals surface area contributed by atoms with Crippen molar-refractivity contribution >= 4 is 5.82 Å². The lowest BCUT2D eigenvalue weighted by Crippen LogP contribution is -2.31. The lowest BCUT2D eigenvalue weighted by Gasteiger charge is -2.28. The van der Waals surface area contributed by atoms with Gasteiger partial charge < -0.3 is 9.64 Å². The van der Waals surface area contributed by atoms with Gasteiger partial charge in [0.15, 0.2) is 5.82 Å². The summed E-state index contributed by atoms with van der Waals surface area (Å²) in [5.41, 5.74) is 3.77. The summed E-state index contributed by atoms with van der Waals surface area (Å²) in [6, 6.07) is 18.0. The molecule has 0 spiro atoms. The highest BCUT2D eigenvalue weighted by Crippen LogP contribution is 2.25. The van der Waals surface area contributed by atoms with Gasteiger partial charge in [-0.15, -0.1) is 15.0 Å². The molecule has 0 saturated carbocycles. The first kappa shape index (κ1) is 15.2. The van der Waals surface area contributed by atoms with E-state index in [0.717, 1.165) is 30.9 Å². The van der Waals surface area contributed by atoms with Crippen LogP contribution in [0.3, 0.4) is 0 Å². The maximum absolute atomic E-state index is 9.47. The standard InChI is InChI=1S/C19H17N5O/c1-25-17-8-6-16(7-9-17)24-21-18(12-20)19(22-24)23-11-10-14-4-2-3-5-15(14)13-23/h2-9H,10-11,13H2,1H3. The van der Waals surface area contributed by atoms with E-state index in [1.165, 1.54) is 15.9 Å². The molecule has 2 aromatic carbocycles. The highest BCUT2D eigenvalue weighted by atomic mass is 16.5. The summed E-state index contributed by atoms with van der Waals surface area (Å²) in [5.74, 6) is 1.40. The second-order valence-corrected chi connectivity index (χ2v) is 5.91. The molecule has 0 saturated heterocycles. The molecule has 6 heteroatoms. The van der Waals surface area contributed by atoms with Gasteiger partial charge in [-0.3, -0.25) is 0 Å². The number of methoxy groups -OCH3 is 1. The summed E-state index contributed by atoms with van der Waals surface area (Å²) in [4.78, 5) is 3.63. The van der Waals surface area contributed by atoms with Crippen molar-refractivity contribution in [1.82, 2.24) is 15.0 Å². The van der Waals surface area contributed by atoms with Crippen molar-refractivity contribution in [2.24, 2.45) is 0 Å². The quantitative estimate of drug-likeness (QED) is 0.738. The van der Waals surface area contributed by atoms with Crippen LogP contribution in [0.5, 0.6) is 5.75 Å². The Morgan fingerprint density at radius 1 is 1.04 bits per heavy atom. The average molecular weight is 331 g/mol. The summed E-state index contributed by atoms with van der Waals surface area (Å²) in [7, 11) is 1.63. The van der Waals surface area contributed by atoms with E-state index in [0.29, 0.717) is 11.5 Å². The van der Waals surface area contributed by atoms with Crippen molar-refractivity contribution in [3.05, 3.63) is 65.4 Å². The van der Waals surface area contributed by atoms with Crippen LogP contribution in [-0.2, 0) is 13.0 Å². The number of ether oxygens (including phenoxy) is 1. The topological polar surface area (TPSA) is 67.0 Å². The first-order chi connectivity index (χ1) is 12.3. The molecule has 25 heavy (non-hydrogen) atoms. The molecular weight excluding hydrogens is 314 g/mol. The predicted octanol–water partition coefficient (Wildman–Crippen LogP) is 2.71. The van der Waals surface area contributed by atoms with Crippen LogP contribution in [0.25, 0.3) is 5.69 Å². The number of aromatic nitrogens is 3. The van der Waals surface area contributed by atoms with Crippen molar-refractivity contribution < 1.29 is 4.74 Å². The molecule has 2 heterocycles. The summed E-state index contributed by atoms with van der Waals surface area (Å²) < 4.78 is 5.17. The van der Waals surface area contributed by atoms with E-state index in [9.17, 15) is 5.26 Å². The van der Waals surface area contributed by atoms with Gasteiger partial charge in [0.1, 0.15) is 11.8 Å². The van der Waals surface area contributed by atoms with Crippen molar-refractivity contribution in [1.29, 1.82) is 5.26 Å². The van der Waals surface area contributed by atoms with E-state index in [1.54, 1.807) is 7.11 Å². The highest BCUT2D eigenvalue weighted by molar-refractivity contribution is 5.52. The number of benzene rings is 2. The van der Waals surface area contributed by atoms with Gasteiger partial charge >= 0.3 is 0 Å². The number of rotatable bonds is 3. The van der Waals surface area contributed by atoms with E-state index in [4.69, 9.17) is 4.74 Å². The lowest BCUT2D eigenvalue weighted by atomic mass is 10.00. The normalized spacial score (nSPS) is 13.2. The van der Waals surface area contributed by atoms with Crippen LogP contribution < -0.4 is 9.64 Å². The van der Waals surface area contributed by atoms with Gasteiger partial charge in [-0.25, -0.2) is 0 Å². The van der Waals surface area contributed by atoms with Crippen LogP contribution in [0.1, 0.15) is 16.8 Å². The molecule has 1 aliphatic heterocycles. The molecule has 0 N–H and O–H groups in total. The number of anilines is 1. The van der Waals surface area contributed by atoms with E-state index >= 15 is 0 Å². The Morgan fingerprint density at radius 2 is 1.80 bits per heavy atom. The minimum absolute atomic E-state index is 0.343. The van der Waals surface area contributed by atoms with Crippen molar-refractivity contribution in [2.75, 3.05) is 18.6 Å². The molecule has 0 unspecified atom stereocenters. The van der Waals surface area contributed by atoms with Crippen LogP contribution in [0.4, 0.5) is 5.82 Å². The Bertz CT molecular complexity index is 939. The lowest BCUT2D eigenvalue weighted by molar-refractivity contribution is 0.414. The van der Waals surface area contributed by atoms with E-state index in [1.807, 2.05) is 30.3 Å². The van der Waals surface area contributed by atoms with Crippen molar-refractivity contribution in [3.63, 3.8) is 0 Å². The fourth-order valence-corrected chi connectivity index (χ4v) is 3.09. The van der Waals surface area contributed by atoms with Crippen LogP contribution in [0, 0.1) is 11.3 Å².